The average molecular weight is 403 g/mol. The van der Waals surface area contributed by atoms with E-state index in [1.54, 1.807) is 23.7 Å². The van der Waals surface area contributed by atoms with Crippen LogP contribution in [0.5, 0.6) is 0 Å². The van der Waals surface area contributed by atoms with Crippen LogP contribution < -0.4 is 5.32 Å². The topological polar surface area (TPSA) is 90.1 Å². The van der Waals surface area contributed by atoms with Crippen molar-refractivity contribution >= 4 is 28.9 Å². The van der Waals surface area contributed by atoms with Gasteiger partial charge in [-0.05, 0) is 50.2 Å². The van der Waals surface area contributed by atoms with Gasteiger partial charge in [-0.15, -0.1) is 0 Å². The van der Waals surface area contributed by atoms with E-state index in [1.165, 1.54) is 6.07 Å². The van der Waals surface area contributed by atoms with Gasteiger partial charge in [-0.2, -0.15) is 9.49 Å². The van der Waals surface area contributed by atoms with Crippen molar-refractivity contribution in [3.05, 3.63) is 80.4 Å². The molecule has 0 radical (unpaired) electrons. The number of carbonyl (C=O) groups excluding carboxylic acids is 1. The lowest BCUT2D eigenvalue weighted by Crippen LogP contribution is -2.15. The van der Waals surface area contributed by atoms with Crippen LogP contribution in [0.15, 0.2) is 42.5 Å². The van der Waals surface area contributed by atoms with Gasteiger partial charge in [-0.3, -0.25) is 14.9 Å². The first-order valence-electron chi connectivity index (χ1n) is 8.31. The van der Waals surface area contributed by atoms with E-state index in [-0.39, 0.29) is 18.0 Å². The van der Waals surface area contributed by atoms with Crippen LogP contribution in [-0.2, 0) is 11.2 Å². The van der Waals surface area contributed by atoms with Crippen LogP contribution in [0, 0.1) is 29.8 Å². The van der Waals surface area contributed by atoms with E-state index in [4.69, 9.17) is 11.6 Å². The Kier molecular flexibility index (Phi) is 5.41. The zero-order chi connectivity index (χ0) is 20.4. The van der Waals surface area contributed by atoms with E-state index in [1.807, 2.05) is 19.1 Å². The molecule has 1 amide bonds. The maximum Gasteiger partial charge on any atom is 0.306 e. The lowest BCUT2D eigenvalue weighted by Gasteiger charge is -2.07. The molecule has 2 aromatic carbocycles. The van der Waals surface area contributed by atoms with Crippen molar-refractivity contribution in [3.8, 4) is 5.69 Å². The summed E-state index contributed by atoms with van der Waals surface area (Å²) in [6, 6.07) is 10.4. The number of hydrogen-bond acceptors (Lipinski definition) is 4. The zero-order valence-corrected chi connectivity index (χ0v) is 15.8. The first kappa shape index (κ1) is 19.5. The van der Waals surface area contributed by atoms with Crippen molar-refractivity contribution in [2.75, 3.05) is 5.32 Å². The molecule has 0 saturated carbocycles. The average Bonchev–Trinajstić information content (AvgIpc) is 2.92. The number of nitrogens with zero attached hydrogens (tertiary/aromatic N) is 3. The number of rotatable bonds is 5. The highest BCUT2D eigenvalue weighted by atomic mass is 35.5. The minimum atomic E-state index is -0.959. The molecule has 144 valence electrons. The Balaban J connectivity index is 1.80. The van der Waals surface area contributed by atoms with Gasteiger partial charge in [0.25, 0.3) is 0 Å². The molecule has 1 aromatic heterocycles. The minimum absolute atomic E-state index is 0.0242. The molecule has 0 spiro atoms. The number of anilines is 1. The Hall–Kier alpha value is -3.26. The molecule has 1 heterocycles. The van der Waals surface area contributed by atoms with E-state index in [0.29, 0.717) is 10.7 Å². The number of nitro benzene ring substituents is 1. The molecular formula is C19H16ClFN4O3. The molecule has 0 saturated heterocycles. The number of hydrogen-bond donors (Lipinski definition) is 1. The normalized spacial score (nSPS) is 10.7. The number of halogens is 2. The van der Waals surface area contributed by atoms with Crippen molar-refractivity contribution in [3.63, 3.8) is 0 Å². The molecule has 28 heavy (non-hydrogen) atoms. The van der Waals surface area contributed by atoms with Gasteiger partial charge < -0.3 is 5.32 Å². The highest BCUT2D eigenvalue weighted by molar-refractivity contribution is 6.30. The van der Waals surface area contributed by atoms with Gasteiger partial charge in [-0.1, -0.05) is 11.6 Å². The third-order valence-corrected chi connectivity index (χ3v) is 4.53. The standard InChI is InChI=1S/C19H16ClFN4O3/c1-11-16(12(2)24(23-11)15-6-3-13(20)4-7-15)10-19(26)22-14-5-8-17(21)18(9-14)25(27)28/h3-9H,10H2,1-2H3,(H,22,26). The smallest absolute Gasteiger partial charge is 0.306 e. The predicted octanol–water partition coefficient (Wildman–Crippen LogP) is 4.37. The van der Waals surface area contributed by atoms with Crippen molar-refractivity contribution < 1.29 is 14.1 Å². The molecule has 1 N–H and O–H groups in total. The van der Waals surface area contributed by atoms with Gasteiger partial charge in [0.1, 0.15) is 0 Å². The molecule has 0 aliphatic heterocycles. The van der Waals surface area contributed by atoms with Crippen LogP contribution in [0.25, 0.3) is 5.69 Å². The number of benzene rings is 2. The second-order valence-electron chi connectivity index (χ2n) is 6.19. The van der Waals surface area contributed by atoms with Crippen molar-refractivity contribution in [2.45, 2.75) is 20.3 Å². The largest absolute Gasteiger partial charge is 0.326 e. The highest BCUT2D eigenvalue weighted by Gasteiger charge is 2.18. The molecule has 9 heteroatoms. The number of nitrogens with one attached hydrogen (secondary N) is 1. The summed E-state index contributed by atoms with van der Waals surface area (Å²) in [4.78, 5) is 22.4. The molecule has 0 bridgehead atoms. The third kappa shape index (κ3) is 4.01. The number of amides is 1. The Morgan fingerprint density at radius 2 is 1.93 bits per heavy atom. The number of aromatic nitrogens is 2. The summed E-state index contributed by atoms with van der Waals surface area (Å²) in [5, 5.41) is 18.5. The number of aryl methyl sites for hydroxylation is 1. The van der Waals surface area contributed by atoms with Crippen molar-refractivity contribution in [1.29, 1.82) is 0 Å². The molecule has 0 aliphatic carbocycles. The zero-order valence-electron chi connectivity index (χ0n) is 15.1. The fourth-order valence-corrected chi connectivity index (χ4v) is 2.99. The van der Waals surface area contributed by atoms with Gasteiger partial charge >= 0.3 is 5.69 Å². The van der Waals surface area contributed by atoms with E-state index < -0.39 is 16.4 Å². The summed E-state index contributed by atoms with van der Waals surface area (Å²) in [5.41, 5.74) is 2.49. The molecule has 0 atom stereocenters. The van der Waals surface area contributed by atoms with Crippen LogP contribution in [-0.4, -0.2) is 20.6 Å². The molecule has 7 nitrogen and oxygen atoms in total. The van der Waals surface area contributed by atoms with Gasteiger partial charge in [0.2, 0.25) is 11.7 Å². The Bertz CT molecular complexity index is 1060. The van der Waals surface area contributed by atoms with Crippen molar-refractivity contribution in [2.24, 2.45) is 0 Å². The Labute approximate surface area is 164 Å². The molecular weight excluding hydrogens is 387 g/mol. The van der Waals surface area contributed by atoms with Gasteiger partial charge in [0.05, 0.1) is 22.7 Å². The van der Waals surface area contributed by atoms with Gasteiger partial charge in [0, 0.05) is 28.0 Å². The van der Waals surface area contributed by atoms with Gasteiger partial charge in [-0.25, -0.2) is 4.68 Å². The molecule has 0 fully saturated rings. The summed E-state index contributed by atoms with van der Waals surface area (Å²) in [6.07, 6.45) is 0.0242. The number of nitro groups is 1. The number of carbonyl (C=O) groups is 1. The molecule has 0 aliphatic rings. The molecule has 3 rings (SSSR count). The maximum absolute atomic E-state index is 13.4. The van der Waals surface area contributed by atoms with Crippen molar-refractivity contribution in [1.82, 2.24) is 9.78 Å². The molecule has 0 unspecified atom stereocenters. The summed E-state index contributed by atoms with van der Waals surface area (Å²) in [5.74, 6) is -1.35. The second-order valence-corrected chi connectivity index (χ2v) is 6.62. The SMILES string of the molecule is Cc1nn(-c2ccc(Cl)cc2)c(C)c1CC(=O)Nc1ccc(F)c([N+](=O)[O-])c1. The lowest BCUT2D eigenvalue weighted by molar-refractivity contribution is -0.387. The van der Waals surface area contributed by atoms with Gasteiger partial charge in [0.15, 0.2) is 0 Å². The maximum atomic E-state index is 13.4. The Morgan fingerprint density at radius 3 is 2.57 bits per heavy atom. The molecule has 3 aromatic rings. The summed E-state index contributed by atoms with van der Waals surface area (Å²) in [7, 11) is 0. The van der Waals surface area contributed by atoms with Crippen LogP contribution in [0.2, 0.25) is 5.02 Å². The summed E-state index contributed by atoms with van der Waals surface area (Å²) >= 11 is 5.91. The van der Waals surface area contributed by atoms with Crippen LogP contribution in [0.4, 0.5) is 15.8 Å². The van der Waals surface area contributed by atoms with Crippen LogP contribution >= 0.6 is 11.6 Å². The fourth-order valence-electron chi connectivity index (χ4n) is 2.86. The minimum Gasteiger partial charge on any atom is -0.326 e. The monoisotopic (exact) mass is 402 g/mol. The quantitative estimate of drug-likeness (QED) is 0.506. The van der Waals surface area contributed by atoms with Crippen LogP contribution in [0.3, 0.4) is 0 Å². The first-order chi connectivity index (χ1) is 13.3. The van der Waals surface area contributed by atoms with E-state index in [0.717, 1.165) is 29.1 Å². The second kappa shape index (κ2) is 7.77. The van der Waals surface area contributed by atoms with E-state index in [9.17, 15) is 19.3 Å². The predicted molar refractivity (Wildman–Crippen MR) is 103 cm³/mol. The Morgan fingerprint density at radius 1 is 1.25 bits per heavy atom. The summed E-state index contributed by atoms with van der Waals surface area (Å²) in [6.45, 7) is 3.64. The third-order valence-electron chi connectivity index (χ3n) is 4.28. The lowest BCUT2D eigenvalue weighted by atomic mass is 10.1. The fraction of sp³-hybridized carbons (Fsp3) is 0.158. The van der Waals surface area contributed by atoms with E-state index >= 15 is 0 Å². The van der Waals surface area contributed by atoms with E-state index in [2.05, 4.69) is 10.4 Å². The highest BCUT2D eigenvalue weighted by Crippen LogP contribution is 2.23. The summed E-state index contributed by atoms with van der Waals surface area (Å²) < 4.78 is 15.1. The van der Waals surface area contributed by atoms with Crippen LogP contribution in [0.1, 0.15) is 17.0 Å². The first-order valence-corrected chi connectivity index (χ1v) is 8.69.